The van der Waals surface area contributed by atoms with Crippen LogP contribution in [-0.2, 0) is 9.53 Å². The van der Waals surface area contributed by atoms with Gasteiger partial charge in [0.25, 0.3) is 0 Å². The molecule has 0 bridgehead atoms. The Morgan fingerprint density at radius 1 is 1.24 bits per heavy atom. The smallest absolute Gasteiger partial charge is 0.313 e. The Morgan fingerprint density at radius 3 is 2.47 bits per heavy atom. The third kappa shape index (κ3) is 4.59. The molecule has 0 unspecified atom stereocenters. The number of esters is 1. The third-order valence-electron chi connectivity index (χ3n) is 2.93. The standard InChI is InChI=1S/C15H22O2/c1-4-5-9-12(2)17-15(16)13(3)14-10-7-6-8-11-14/h6-8,10-13H,4-5,9H2,1-3H3/t12-,13-/m1/s1. The van der Waals surface area contributed by atoms with E-state index >= 15 is 0 Å². The van der Waals surface area contributed by atoms with Crippen LogP contribution in [-0.4, -0.2) is 12.1 Å². The number of hydrogen-bond acceptors (Lipinski definition) is 2. The molecule has 94 valence electrons. The monoisotopic (exact) mass is 234 g/mol. The van der Waals surface area contributed by atoms with Crippen molar-refractivity contribution in [3.05, 3.63) is 35.9 Å². The predicted octanol–water partition coefficient (Wildman–Crippen LogP) is 3.91. The third-order valence-corrected chi connectivity index (χ3v) is 2.93. The fraction of sp³-hybridized carbons (Fsp3) is 0.533. The number of carbonyl (C=O) groups excluding carboxylic acids is 1. The van der Waals surface area contributed by atoms with Gasteiger partial charge in [0.1, 0.15) is 0 Å². The van der Waals surface area contributed by atoms with E-state index in [1.807, 2.05) is 44.2 Å². The Hall–Kier alpha value is -1.31. The highest BCUT2D eigenvalue weighted by atomic mass is 16.5. The van der Waals surface area contributed by atoms with Crippen molar-refractivity contribution in [1.82, 2.24) is 0 Å². The summed E-state index contributed by atoms with van der Waals surface area (Å²) in [6.07, 6.45) is 3.21. The van der Waals surface area contributed by atoms with Crippen molar-refractivity contribution >= 4 is 5.97 Å². The molecule has 0 aliphatic heterocycles. The van der Waals surface area contributed by atoms with Gasteiger partial charge in [-0.3, -0.25) is 4.79 Å². The summed E-state index contributed by atoms with van der Waals surface area (Å²) >= 11 is 0. The van der Waals surface area contributed by atoms with Gasteiger partial charge in [-0.2, -0.15) is 0 Å². The summed E-state index contributed by atoms with van der Waals surface area (Å²) in [4.78, 5) is 11.9. The van der Waals surface area contributed by atoms with Crippen LogP contribution in [0.15, 0.2) is 30.3 Å². The lowest BCUT2D eigenvalue weighted by molar-refractivity contribution is -0.150. The van der Waals surface area contributed by atoms with Crippen molar-refractivity contribution in [1.29, 1.82) is 0 Å². The molecule has 1 rings (SSSR count). The molecule has 0 N–H and O–H groups in total. The fourth-order valence-corrected chi connectivity index (χ4v) is 1.73. The average molecular weight is 234 g/mol. The lowest BCUT2D eigenvalue weighted by atomic mass is 10.0. The zero-order valence-corrected chi connectivity index (χ0v) is 11.0. The van der Waals surface area contributed by atoms with Gasteiger partial charge in [0, 0.05) is 0 Å². The average Bonchev–Trinajstić information content (AvgIpc) is 2.36. The van der Waals surface area contributed by atoms with Gasteiger partial charge in [0.2, 0.25) is 0 Å². The lowest BCUT2D eigenvalue weighted by Gasteiger charge is -2.16. The SMILES string of the molecule is CCCC[C@@H](C)OC(=O)[C@H](C)c1ccccc1. The molecule has 2 nitrogen and oxygen atoms in total. The van der Waals surface area contributed by atoms with Crippen molar-refractivity contribution in [2.75, 3.05) is 0 Å². The van der Waals surface area contributed by atoms with Gasteiger partial charge in [-0.1, -0.05) is 50.1 Å². The number of rotatable bonds is 6. The lowest BCUT2D eigenvalue weighted by Crippen LogP contribution is -2.19. The normalized spacial score (nSPS) is 14.1. The molecule has 0 spiro atoms. The van der Waals surface area contributed by atoms with Gasteiger partial charge < -0.3 is 4.74 Å². The molecule has 17 heavy (non-hydrogen) atoms. The molecule has 1 aromatic rings. The molecule has 0 saturated carbocycles. The quantitative estimate of drug-likeness (QED) is 0.697. The Balaban J connectivity index is 2.47. The summed E-state index contributed by atoms with van der Waals surface area (Å²) in [6.45, 7) is 6.00. The van der Waals surface area contributed by atoms with Crippen LogP contribution in [0.4, 0.5) is 0 Å². The number of ether oxygens (including phenoxy) is 1. The minimum Gasteiger partial charge on any atom is -0.462 e. The van der Waals surface area contributed by atoms with Crippen molar-refractivity contribution in [2.24, 2.45) is 0 Å². The first kappa shape index (κ1) is 13.8. The summed E-state index contributed by atoms with van der Waals surface area (Å²) in [5, 5.41) is 0. The van der Waals surface area contributed by atoms with E-state index in [2.05, 4.69) is 6.92 Å². The highest BCUT2D eigenvalue weighted by Gasteiger charge is 2.18. The van der Waals surface area contributed by atoms with Crippen LogP contribution in [0.2, 0.25) is 0 Å². The molecule has 0 aliphatic carbocycles. The second-order valence-electron chi connectivity index (χ2n) is 4.52. The van der Waals surface area contributed by atoms with E-state index in [0.717, 1.165) is 24.8 Å². The zero-order chi connectivity index (χ0) is 12.7. The maximum absolute atomic E-state index is 11.9. The summed E-state index contributed by atoms with van der Waals surface area (Å²) < 4.78 is 5.43. The van der Waals surface area contributed by atoms with Crippen LogP contribution >= 0.6 is 0 Å². The first-order valence-electron chi connectivity index (χ1n) is 6.40. The van der Waals surface area contributed by atoms with E-state index in [1.165, 1.54) is 0 Å². The summed E-state index contributed by atoms with van der Waals surface area (Å²) in [5.74, 6) is -0.305. The molecule has 0 heterocycles. The minimum absolute atomic E-state index is 0.0219. The number of unbranched alkanes of at least 4 members (excludes halogenated alkanes) is 1. The maximum atomic E-state index is 11.9. The van der Waals surface area contributed by atoms with E-state index in [-0.39, 0.29) is 18.0 Å². The van der Waals surface area contributed by atoms with Crippen molar-refractivity contribution in [3.8, 4) is 0 Å². The molecule has 1 aromatic carbocycles. The number of benzene rings is 1. The molecule has 0 radical (unpaired) electrons. The Bertz CT molecular complexity index is 332. The molecule has 2 atom stereocenters. The van der Waals surface area contributed by atoms with E-state index in [4.69, 9.17) is 4.74 Å². The van der Waals surface area contributed by atoms with Crippen molar-refractivity contribution < 1.29 is 9.53 Å². The molecule has 0 aliphatic rings. The molecule has 0 fully saturated rings. The maximum Gasteiger partial charge on any atom is 0.313 e. The molecule has 0 saturated heterocycles. The molecule has 0 amide bonds. The molecule has 2 heteroatoms. The first-order valence-corrected chi connectivity index (χ1v) is 6.40. The number of carbonyl (C=O) groups is 1. The van der Waals surface area contributed by atoms with Gasteiger partial charge in [-0.05, 0) is 25.8 Å². The van der Waals surface area contributed by atoms with E-state index in [1.54, 1.807) is 0 Å². The van der Waals surface area contributed by atoms with Crippen LogP contribution in [0.25, 0.3) is 0 Å². The topological polar surface area (TPSA) is 26.3 Å². The summed E-state index contributed by atoms with van der Waals surface area (Å²) in [7, 11) is 0. The van der Waals surface area contributed by atoms with E-state index in [0.29, 0.717) is 0 Å². The second-order valence-corrected chi connectivity index (χ2v) is 4.52. The Kier molecular flexibility index (Phi) is 5.75. The Morgan fingerprint density at radius 2 is 1.88 bits per heavy atom. The van der Waals surface area contributed by atoms with Gasteiger partial charge in [0.05, 0.1) is 12.0 Å². The van der Waals surface area contributed by atoms with Crippen LogP contribution in [0.5, 0.6) is 0 Å². The zero-order valence-electron chi connectivity index (χ0n) is 11.0. The summed E-state index contributed by atoms with van der Waals surface area (Å²) in [6, 6.07) is 9.76. The highest BCUT2D eigenvalue weighted by Crippen LogP contribution is 2.17. The van der Waals surface area contributed by atoms with Crippen LogP contribution in [0.1, 0.15) is 51.5 Å². The van der Waals surface area contributed by atoms with Crippen molar-refractivity contribution in [3.63, 3.8) is 0 Å². The molecular formula is C15H22O2. The Labute approximate surface area is 104 Å². The number of hydrogen-bond donors (Lipinski definition) is 0. The second kappa shape index (κ2) is 7.10. The van der Waals surface area contributed by atoms with Crippen LogP contribution in [0, 0.1) is 0 Å². The highest BCUT2D eigenvalue weighted by molar-refractivity contribution is 5.77. The van der Waals surface area contributed by atoms with Crippen LogP contribution < -0.4 is 0 Å². The predicted molar refractivity (Wildman–Crippen MR) is 69.9 cm³/mol. The van der Waals surface area contributed by atoms with Crippen LogP contribution in [0.3, 0.4) is 0 Å². The minimum atomic E-state index is -0.180. The van der Waals surface area contributed by atoms with Gasteiger partial charge in [-0.15, -0.1) is 0 Å². The molecular weight excluding hydrogens is 212 g/mol. The largest absolute Gasteiger partial charge is 0.462 e. The summed E-state index contributed by atoms with van der Waals surface area (Å²) in [5.41, 5.74) is 1.01. The van der Waals surface area contributed by atoms with Gasteiger partial charge in [-0.25, -0.2) is 0 Å². The van der Waals surface area contributed by atoms with E-state index in [9.17, 15) is 4.79 Å². The van der Waals surface area contributed by atoms with Gasteiger partial charge in [0.15, 0.2) is 0 Å². The van der Waals surface area contributed by atoms with Crippen molar-refractivity contribution in [2.45, 2.75) is 52.1 Å². The molecule has 0 aromatic heterocycles. The van der Waals surface area contributed by atoms with Gasteiger partial charge >= 0.3 is 5.97 Å². The first-order chi connectivity index (χ1) is 8.15. The van der Waals surface area contributed by atoms with E-state index < -0.39 is 0 Å². The fourth-order valence-electron chi connectivity index (χ4n) is 1.73.